The van der Waals surface area contributed by atoms with E-state index in [9.17, 15) is 4.79 Å². The SMILES string of the molecule is COC(=O)CCC(c1ccc2c(c1)OCO2)C(c1cccc(C)n1)c1ncc[nH]1. The number of pyridine rings is 1. The molecule has 3 heterocycles. The van der Waals surface area contributed by atoms with Crippen molar-refractivity contribution in [1.82, 2.24) is 15.0 Å². The van der Waals surface area contributed by atoms with Crippen LogP contribution >= 0.6 is 0 Å². The van der Waals surface area contributed by atoms with Gasteiger partial charge in [0.2, 0.25) is 6.79 Å². The Morgan fingerprint density at radius 1 is 1.24 bits per heavy atom. The van der Waals surface area contributed by atoms with Crippen molar-refractivity contribution in [2.45, 2.75) is 31.6 Å². The number of aromatic amines is 1. The number of ether oxygens (including phenoxy) is 3. The second kappa shape index (κ2) is 8.34. The average Bonchev–Trinajstić information content (AvgIpc) is 3.42. The maximum absolute atomic E-state index is 11.9. The molecule has 0 bridgehead atoms. The number of imidazole rings is 1. The Morgan fingerprint density at radius 2 is 2.10 bits per heavy atom. The quantitative estimate of drug-likeness (QED) is 0.616. The number of carbonyl (C=O) groups is 1. The molecular formula is C22H23N3O4. The van der Waals surface area contributed by atoms with Crippen LogP contribution in [0.15, 0.2) is 48.8 Å². The fourth-order valence-electron chi connectivity index (χ4n) is 3.77. The summed E-state index contributed by atoms with van der Waals surface area (Å²) >= 11 is 0. The van der Waals surface area contributed by atoms with E-state index in [2.05, 4.69) is 9.97 Å². The molecule has 2 unspecified atom stereocenters. The predicted molar refractivity (Wildman–Crippen MR) is 106 cm³/mol. The smallest absolute Gasteiger partial charge is 0.305 e. The molecule has 1 N–H and O–H groups in total. The van der Waals surface area contributed by atoms with E-state index in [0.29, 0.717) is 18.6 Å². The molecule has 0 amide bonds. The molecule has 150 valence electrons. The molecule has 0 saturated heterocycles. The molecule has 0 spiro atoms. The maximum atomic E-state index is 11.9. The third kappa shape index (κ3) is 4.08. The van der Waals surface area contributed by atoms with Crippen molar-refractivity contribution in [1.29, 1.82) is 0 Å². The number of H-pyrrole nitrogens is 1. The van der Waals surface area contributed by atoms with Gasteiger partial charge < -0.3 is 19.2 Å². The Hall–Kier alpha value is -3.35. The topological polar surface area (TPSA) is 86.3 Å². The lowest BCUT2D eigenvalue weighted by atomic mass is 9.80. The fraction of sp³-hybridized carbons (Fsp3) is 0.318. The summed E-state index contributed by atoms with van der Waals surface area (Å²) in [5, 5.41) is 0. The number of esters is 1. The predicted octanol–water partition coefficient (Wildman–Crippen LogP) is 3.71. The zero-order valence-electron chi connectivity index (χ0n) is 16.4. The number of methoxy groups -OCH3 is 1. The lowest BCUT2D eigenvalue weighted by Crippen LogP contribution is -2.18. The van der Waals surface area contributed by atoms with Gasteiger partial charge in [-0.2, -0.15) is 0 Å². The van der Waals surface area contributed by atoms with Crippen LogP contribution in [0.2, 0.25) is 0 Å². The van der Waals surface area contributed by atoms with Crippen molar-refractivity contribution in [3.63, 3.8) is 0 Å². The summed E-state index contributed by atoms with van der Waals surface area (Å²) in [6.45, 7) is 2.18. The van der Waals surface area contributed by atoms with Gasteiger partial charge in [-0.1, -0.05) is 12.1 Å². The van der Waals surface area contributed by atoms with Gasteiger partial charge in [0.25, 0.3) is 0 Å². The minimum Gasteiger partial charge on any atom is -0.469 e. The monoisotopic (exact) mass is 393 g/mol. The summed E-state index contributed by atoms with van der Waals surface area (Å²) in [5.74, 6) is 1.77. The van der Waals surface area contributed by atoms with E-state index in [1.54, 1.807) is 12.4 Å². The highest BCUT2D eigenvalue weighted by atomic mass is 16.7. The molecule has 1 aliphatic rings. The van der Waals surface area contributed by atoms with Gasteiger partial charge in [-0.15, -0.1) is 0 Å². The van der Waals surface area contributed by atoms with Crippen LogP contribution in [0.25, 0.3) is 0 Å². The van der Waals surface area contributed by atoms with Crippen LogP contribution in [-0.2, 0) is 9.53 Å². The summed E-state index contributed by atoms with van der Waals surface area (Å²) in [6, 6.07) is 11.9. The van der Waals surface area contributed by atoms with Gasteiger partial charge >= 0.3 is 5.97 Å². The van der Waals surface area contributed by atoms with Crippen molar-refractivity contribution in [3.05, 3.63) is 71.6 Å². The van der Waals surface area contributed by atoms with Crippen molar-refractivity contribution in [2.24, 2.45) is 0 Å². The first-order valence-corrected chi connectivity index (χ1v) is 9.55. The first-order chi connectivity index (χ1) is 14.2. The maximum Gasteiger partial charge on any atom is 0.305 e. The van der Waals surface area contributed by atoms with Gasteiger partial charge in [0.1, 0.15) is 5.82 Å². The first kappa shape index (κ1) is 19.0. The highest BCUT2D eigenvalue weighted by Crippen LogP contribution is 2.43. The number of rotatable bonds is 7. The molecule has 0 aliphatic carbocycles. The molecule has 3 aromatic rings. The number of aromatic nitrogens is 3. The number of hydrogen-bond donors (Lipinski definition) is 1. The third-order valence-corrected chi connectivity index (χ3v) is 5.16. The van der Waals surface area contributed by atoms with Gasteiger partial charge in [0, 0.05) is 30.4 Å². The van der Waals surface area contributed by atoms with E-state index in [1.165, 1.54) is 7.11 Å². The van der Waals surface area contributed by atoms with Crippen LogP contribution in [0.3, 0.4) is 0 Å². The number of benzene rings is 1. The van der Waals surface area contributed by atoms with E-state index in [0.717, 1.165) is 28.5 Å². The summed E-state index contributed by atoms with van der Waals surface area (Å²) in [6.07, 6.45) is 4.40. The van der Waals surface area contributed by atoms with E-state index in [-0.39, 0.29) is 24.6 Å². The first-order valence-electron chi connectivity index (χ1n) is 9.55. The number of carbonyl (C=O) groups excluding carboxylic acids is 1. The lowest BCUT2D eigenvalue weighted by Gasteiger charge is -2.26. The molecular weight excluding hydrogens is 370 g/mol. The highest BCUT2D eigenvalue weighted by molar-refractivity contribution is 5.69. The number of aryl methyl sites for hydroxylation is 1. The third-order valence-electron chi connectivity index (χ3n) is 5.16. The van der Waals surface area contributed by atoms with Crippen LogP contribution in [0.1, 0.15) is 47.5 Å². The van der Waals surface area contributed by atoms with Gasteiger partial charge in [-0.3, -0.25) is 9.78 Å². The molecule has 4 rings (SSSR count). The summed E-state index contributed by atoms with van der Waals surface area (Å²) in [7, 11) is 1.41. The number of fused-ring (bicyclic) bond motifs is 1. The Labute approximate surface area is 169 Å². The van der Waals surface area contributed by atoms with E-state index in [4.69, 9.17) is 19.2 Å². The summed E-state index contributed by atoms with van der Waals surface area (Å²) < 4.78 is 15.9. The normalized spacial score (nSPS) is 14.4. The van der Waals surface area contributed by atoms with Gasteiger partial charge in [-0.05, 0) is 43.2 Å². The largest absolute Gasteiger partial charge is 0.469 e. The molecule has 1 aromatic carbocycles. The molecule has 1 aliphatic heterocycles. The Bertz CT molecular complexity index is 987. The average molecular weight is 393 g/mol. The molecule has 29 heavy (non-hydrogen) atoms. The Balaban J connectivity index is 1.78. The number of nitrogens with zero attached hydrogens (tertiary/aromatic N) is 2. The van der Waals surface area contributed by atoms with Crippen LogP contribution < -0.4 is 9.47 Å². The van der Waals surface area contributed by atoms with E-state index < -0.39 is 0 Å². The summed E-state index contributed by atoms with van der Waals surface area (Å²) in [4.78, 5) is 24.4. The standard InChI is InChI=1S/C22H23N3O4/c1-14-4-3-5-17(25-14)21(22-23-10-11-24-22)16(7-9-20(26)27-2)15-6-8-18-19(12-15)29-13-28-18/h3-6,8,10-12,16,21H,7,9,13H2,1-2H3,(H,23,24). The minimum absolute atomic E-state index is 0.0657. The van der Waals surface area contributed by atoms with Crippen molar-refractivity contribution >= 4 is 5.97 Å². The van der Waals surface area contributed by atoms with Crippen molar-refractivity contribution < 1.29 is 19.0 Å². The molecule has 0 saturated carbocycles. The van der Waals surface area contributed by atoms with Gasteiger partial charge in [0.15, 0.2) is 11.5 Å². The molecule has 2 atom stereocenters. The molecule has 0 radical (unpaired) electrons. The number of hydrogen-bond acceptors (Lipinski definition) is 6. The second-order valence-electron chi connectivity index (χ2n) is 6.99. The zero-order chi connectivity index (χ0) is 20.2. The zero-order valence-corrected chi connectivity index (χ0v) is 16.4. The van der Waals surface area contributed by atoms with Crippen LogP contribution in [0.5, 0.6) is 11.5 Å². The van der Waals surface area contributed by atoms with Gasteiger partial charge in [-0.25, -0.2) is 4.98 Å². The number of nitrogens with one attached hydrogen (secondary N) is 1. The lowest BCUT2D eigenvalue weighted by molar-refractivity contribution is -0.140. The molecule has 7 nitrogen and oxygen atoms in total. The Morgan fingerprint density at radius 3 is 2.86 bits per heavy atom. The van der Waals surface area contributed by atoms with E-state index >= 15 is 0 Å². The van der Waals surface area contributed by atoms with Crippen molar-refractivity contribution in [2.75, 3.05) is 13.9 Å². The van der Waals surface area contributed by atoms with Crippen LogP contribution in [-0.4, -0.2) is 34.8 Å². The van der Waals surface area contributed by atoms with Crippen LogP contribution in [0.4, 0.5) is 0 Å². The Kier molecular flexibility index (Phi) is 5.46. The summed E-state index contributed by atoms with van der Waals surface area (Å²) in [5.41, 5.74) is 2.85. The highest BCUT2D eigenvalue weighted by Gasteiger charge is 2.31. The molecule has 7 heteroatoms. The minimum atomic E-state index is -0.244. The molecule has 2 aromatic heterocycles. The molecule has 0 fully saturated rings. The van der Waals surface area contributed by atoms with E-state index in [1.807, 2.05) is 43.3 Å². The van der Waals surface area contributed by atoms with Gasteiger partial charge in [0.05, 0.1) is 18.7 Å². The second-order valence-corrected chi connectivity index (χ2v) is 6.99. The van der Waals surface area contributed by atoms with Crippen molar-refractivity contribution in [3.8, 4) is 11.5 Å². The fourth-order valence-corrected chi connectivity index (χ4v) is 3.77. The van der Waals surface area contributed by atoms with Crippen LogP contribution in [0, 0.1) is 6.92 Å².